The summed E-state index contributed by atoms with van der Waals surface area (Å²) in [5.41, 5.74) is 0.439. The molecule has 0 unspecified atom stereocenters. The zero-order valence-corrected chi connectivity index (χ0v) is 20.4. The van der Waals surface area contributed by atoms with Gasteiger partial charge in [0, 0.05) is 26.1 Å². The SMILES string of the molecule is CC(C)(C)CCOC(=O)CCCCCO.CC(C)(C)CCOC(=O)CCCCCO. The summed E-state index contributed by atoms with van der Waals surface area (Å²) in [6.07, 6.45) is 7.71. The van der Waals surface area contributed by atoms with Crippen molar-refractivity contribution in [1.82, 2.24) is 0 Å². The molecule has 0 amide bonds. The third-order valence-corrected chi connectivity index (χ3v) is 4.31. The molecular formula is C24H48O6. The lowest BCUT2D eigenvalue weighted by Crippen LogP contribution is -2.13. The molecule has 6 nitrogen and oxygen atoms in total. The fraction of sp³-hybridized carbons (Fsp3) is 0.917. The Morgan fingerprint density at radius 2 is 0.933 bits per heavy atom. The third-order valence-electron chi connectivity index (χ3n) is 4.31. The first kappa shape index (κ1) is 31.0. The second kappa shape index (κ2) is 18.6. The van der Waals surface area contributed by atoms with Crippen LogP contribution in [0.5, 0.6) is 0 Å². The van der Waals surface area contributed by atoms with Gasteiger partial charge < -0.3 is 19.7 Å². The highest BCUT2D eigenvalue weighted by atomic mass is 16.5. The van der Waals surface area contributed by atoms with Crippen molar-refractivity contribution in [3.05, 3.63) is 0 Å². The zero-order chi connectivity index (χ0) is 23.5. The monoisotopic (exact) mass is 432 g/mol. The van der Waals surface area contributed by atoms with Crippen molar-refractivity contribution < 1.29 is 29.3 Å². The molecule has 30 heavy (non-hydrogen) atoms. The Morgan fingerprint density at radius 3 is 1.20 bits per heavy atom. The standard InChI is InChI=1S/2C12H24O3/c2*1-12(2,3)8-10-15-11(14)7-5-4-6-9-13/h2*13H,4-10H2,1-3H3. The van der Waals surface area contributed by atoms with Gasteiger partial charge in [0.1, 0.15) is 0 Å². The van der Waals surface area contributed by atoms with Gasteiger partial charge in [0.25, 0.3) is 0 Å². The number of carbonyl (C=O) groups is 2. The molecule has 0 radical (unpaired) electrons. The number of hydrogen-bond acceptors (Lipinski definition) is 6. The topological polar surface area (TPSA) is 93.1 Å². The lowest BCUT2D eigenvalue weighted by molar-refractivity contribution is -0.145. The molecule has 2 N–H and O–H groups in total. The maximum absolute atomic E-state index is 11.2. The number of esters is 2. The molecule has 0 aromatic heterocycles. The van der Waals surface area contributed by atoms with E-state index in [-0.39, 0.29) is 36.0 Å². The van der Waals surface area contributed by atoms with Gasteiger partial charge in [-0.05, 0) is 49.4 Å². The summed E-state index contributed by atoms with van der Waals surface area (Å²) in [6.45, 7) is 14.2. The molecule has 0 aliphatic carbocycles. The summed E-state index contributed by atoms with van der Waals surface area (Å²) in [4.78, 5) is 22.4. The van der Waals surface area contributed by atoms with E-state index in [1.54, 1.807) is 0 Å². The van der Waals surface area contributed by atoms with Crippen LogP contribution in [-0.2, 0) is 19.1 Å². The molecule has 0 aromatic carbocycles. The number of hydrogen-bond donors (Lipinski definition) is 2. The molecule has 0 aliphatic rings. The smallest absolute Gasteiger partial charge is 0.305 e. The lowest BCUT2D eigenvalue weighted by Gasteiger charge is -2.17. The summed E-state index contributed by atoms with van der Waals surface area (Å²) in [6, 6.07) is 0. The van der Waals surface area contributed by atoms with Crippen LogP contribution < -0.4 is 0 Å². The minimum absolute atomic E-state index is 0.114. The lowest BCUT2D eigenvalue weighted by atomic mass is 9.93. The van der Waals surface area contributed by atoms with Crippen LogP contribution in [0.2, 0.25) is 0 Å². The molecule has 0 spiro atoms. The van der Waals surface area contributed by atoms with Crippen molar-refractivity contribution >= 4 is 11.9 Å². The second-order valence-electron chi connectivity index (χ2n) is 10.1. The third kappa shape index (κ3) is 29.1. The Balaban J connectivity index is 0. The minimum Gasteiger partial charge on any atom is -0.466 e. The molecule has 0 saturated carbocycles. The molecule has 0 saturated heterocycles. The van der Waals surface area contributed by atoms with Crippen molar-refractivity contribution in [1.29, 1.82) is 0 Å². The summed E-state index contributed by atoms with van der Waals surface area (Å²) in [7, 11) is 0. The predicted molar refractivity (Wildman–Crippen MR) is 121 cm³/mol. The quantitative estimate of drug-likeness (QED) is 0.295. The van der Waals surface area contributed by atoms with Crippen LogP contribution >= 0.6 is 0 Å². The molecular weight excluding hydrogens is 384 g/mol. The van der Waals surface area contributed by atoms with Gasteiger partial charge in [-0.3, -0.25) is 9.59 Å². The fourth-order valence-electron chi connectivity index (χ4n) is 2.20. The van der Waals surface area contributed by atoms with E-state index < -0.39 is 0 Å². The summed E-state index contributed by atoms with van der Waals surface area (Å²) < 4.78 is 10.2. The Kier molecular flexibility index (Phi) is 19.3. The molecule has 0 bridgehead atoms. The van der Waals surface area contributed by atoms with E-state index in [2.05, 4.69) is 41.5 Å². The number of aliphatic hydroxyl groups excluding tert-OH is 2. The summed E-state index contributed by atoms with van der Waals surface area (Å²) in [5.74, 6) is -0.227. The van der Waals surface area contributed by atoms with Crippen LogP contribution in [0.25, 0.3) is 0 Å². The van der Waals surface area contributed by atoms with Gasteiger partial charge in [-0.2, -0.15) is 0 Å². The van der Waals surface area contributed by atoms with Crippen molar-refractivity contribution in [3.8, 4) is 0 Å². The second-order valence-corrected chi connectivity index (χ2v) is 10.1. The van der Waals surface area contributed by atoms with Crippen LogP contribution in [-0.4, -0.2) is 48.6 Å². The number of ether oxygens (including phenoxy) is 2. The van der Waals surface area contributed by atoms with Crippen LogP contribution in [0.15, 0.2) is 0 Å². The van der Waals surface area contributed by atoms with Crippen LogP contribution in [0, 0.1) is 10.8 Å². The van der Waals surface area contributed by atoms with Gasteiger partial charge in [0.15, 0.2) is 0 Å². The first-order valence-electron chi connectivity index (χ1n) is 11.4. The Morgan fingerprint density at radius 1 is 0.600 bits per heavy atom. The zero-order valence-electron chi connectivity index (χ0n) is 20.4. The summed E-state index contributed by atoms with van der Waals surface area (Å²) in [5, 5.41) is 17.1. The Bertz CT molecular complexity index is 380. The van der Waals surface area contributed by atoms with Crippen molar-refractivity contribution in [2.24, 2.45) is 10.8 Å². The largest absolute Gasteiger partial charge is 0.466 e. The van der Waals surface area contributed by atoms with Crippen LogP contribution in [0.1, 0.15) is 106 Å². The number of aliphatic hydroxyl groups is 2. The maximum atomic E-state index is 11.2. The average molecular weight is 433 g/mol. The average Bonchev–Trinajstić information content (AvgIpc) is 2.61. The van der Waals surface area contributed by atoms with Gasteiger partial charge in [0.2, 0.25) is 0 Å². The van der Waals surface area contributed by atoms with Crippen LogP contribution in [0.3, 0.4) is 0 Å². The van der Waals surface area contributed by atoms with E-state index in [0.29, 0.717) is 26.1 Å². The van der Waals surface area contributed by atoms with E-state index in [9.17, 15) is 9.59 Å². The minimum atomic E-state index is -0.114. The molecule has 0 atom stereocenters. The number of carbonyl (C=O) groups excluding carboxylic acids is 2. The van der Waals surface area contributed by atoms with Gasteiger partial charge in [-0.15, -0.1) is 0 Å². The highest BCUT2D eigenvalue weighted by Crippen LogP contribution is 2.18. The van der Waals surface area contributed by atoms with Gasteiger partial charge >= 0.3 is 11.9 Å². The first-order chi connectivity index (χ1) is 13.9. The van der Waals surface area contributed by atoms with Gasteiger partial charge in [-0.1, -0.05) is 54.4 Å². The number of rotatable bonds is 14. The molecule has 180 valence electrons. The van der Waals surface area contributed by atoms with Gasteiger partial charge in [-0.25, -0.2) is 0 Å². The summed E-state index contributed by atoms with van der Waals surface area (Å²) >= 11 is 0. The van der Waals surface area contributed by atoms with E-state index in [1.807, 2.05) is 0 Å². The molecule has 0 rings (SSSR count). The maximum Gasteiger partial charge on any atom is 0.305 e. The molecule has 0 fully saturated rings. The molecule has 0 aromatic rings. The Labute approximate surface area is 184 Å². The molecule has 0 aliphatic heterocycles. The molecule has 0 heterocycles. The van der Waals surface area contributed by atoms with Crippen molar-refractivity contribution in [2.45, 2.75) is 106 Å². The van der Waals surface area contributed by atoms with E-state index in [1.165, 1.54) is 0 Å². The Hall–Kier alpha value is -1.14. The number of unbranched alkanes of at least 4 members (excludes halogenated alkanes) is 4. The van der Waals surface area contributed by atoms with E-state index in [0.717, 1.165) is 51.4 Å². The van der Waals surface area contributed by atoms with Crippen molar-refractivity contribution in [3.63, 3.8) is 0 Å². The van der Waals surface area contributed by atoms with E-state index >= 15 is 0 Å². The van der Waals surface area contributed by atoms with E-state index in [4.69, 9.17) is 19.7 Å². The normalized spacial score (nSPS) is 11.5. The van der Waals surface area contributed by atoms with Gasteiger partial charge in [0.05, 0.1) is 13.2 Å². The predicted octanol–water partition coefficient (Wildman–Crippen LogP) is 5.04. The highest BCUT2D eigenvalue weighted by molar-refractivity contribution is 5.69. The highest BCUT2D eigenvalue weighted by Gasteiger charge is 2.12. The fourth-order valence-corrected chi connectivity index (χ4v) is 2.20. The first-order valence-corrected chi connectivity index (χ1v) is 11.4. The molecule has 6 heteroatoms. The van der Waals surface area contributed by atoms with Crippen molar-refractivity contribution in [2.75, 3.05) is 26.4 Å². The van der Waals surface area contributed by atoms with Crippen LogP contribution in [0.4, 0.5) is 0 Å².